The van der Waals surface area contributed by atoms with Gasteiger partial charge in [0, 0.05) is 26.2 Å². The predicted molar refractivity (Wildman–Crippen MR) is 114 cm³/mol. The minimum Gasteiger partial charge on any atom is -0.481 e. The molecule has 5 atom stereocenters. The number of ether oxygens (including phenoxy) is 1. The van der Waals surface area contributed by atoms with Crippen molar-refractivity contribution in [3.8, 4) is 0 Å². The molecule has 0 aliphatic carbocycles. The Labute approximate surface area is 184 Å². The first-order valence-corrected chi connectivity index (χ1v) is 11.5. The molecule has 0 radical (unpaired) electrons. The summed E-state index contributed by atoms with van der Waals surface area (Å²) in [5.74, 6) is -3.29. The largest absolute Gasteiger partial charge is 0.481 e. The molecule has 8 heteroatoms. The molecular formula is C23H36N2O6. The number of carboxylic acid groups (broad SMARTS) is 1. The standard InChI is InChI=1S/C23H36N2O6/c1-4-6-13-24(12-5-2)20(28)18-23-11-10-22(3,31-23)17(21(29)30)16(23)19(27)25(18)14-8-7-9-15-26/h5,16-18,26H,2,4,6-15H2,1,3H3,(H,29,30)/t16-,17+,18?,22-,23?/m0/s1. The molecule has 3 rings (SSSR count). The molecule has 2 bridgehead atoms. The van der Waals surface area contributed by atoms with E-state index in [2.05, 4.69) is 13.5 Å². The highest BCUT2D eigenvalue weighted by Gasteiger charge is 2.78. The van der Waals surface area contributed by atoms with E-state index in [1.54, 1.807) is 22.8 Å². The highest BCUT2D eigenvalue weighted by Crippen LogP contribution is 2.63. The number of hydrogen-bond acceptors (Lipinski definition) is 5. The van der Waals surface area contributed by atoms with Gasteiger partial charge in [-0.1, -0.05) is 19.4 Å². The molecule has 3 aliphatic rings. The zero-order chi connectivity index (χ0) is 22.8. The Balaban J connectivity index is 1.97. The summed E-state index contributed by atoms with van der Waals surface area (Å²) < 4.78 is 6.38. The molecule has 2 unspecified atom stereocenters. The molecule has 3 fully saturated rings. The average Bonchev–Trinajstić information content (AvgIpc) is 3.29. The summed E-state index contributed by atoms with van der Waals surface area (Å²) >= 11 is 0. The smallest absolute Gasteiger partial charge is 0.310 e. The number of amides is 2. The second-order valence-corrected chi connectivity index (χ2v) is 9.31. The van der Waals surface area contributed by atoms with E-state index in [1.807, 2.05) is 0 Å². The SMILES string of the molecule is C=CCN(CCCC)C(=O)C1N(CCCCCO)C(=O)[C@@H]2[C@H](C(=O)O)[C@]3(C)CCC12O3. The lowest BCUT2D eigenvalue weighted by atomic mass is 9.66. The fourth-order valence-electron chi connectivity index (χ4n) is 5.86. The zero-order valence-corrected chi connectivity index (χ0v) is 18.7. The number of rotatable bonds is 12. The van der Waals surface area contributed by atoms with Crippen LogP contribution in [0.2, 0.25) is 0 Å². The predicted octanol–water partition coefficient (Wildman–Crippen LogP) is 1.81. The van der Waals surface area contributed by atoms with Gasteiger partial charge in [-0.3, -0.25) is 14.4 Å². The van der Waals surface area contributed by atoms with Crippen molar-refractivity contribution in [3.05, 3.63) is 12.7 Å². The van der Waals surface area contributed by atoms with E-state index >= 15 is 0 Å². The van der Waals surface area contributed by atoms with Crippen LogP contribution in [0.1, 0.15) is 58.8 Å². The van der Waals surface area contributed by atoms with E-state index in [0.717, 1.165) is 19.3 Å². The molecule has 1 spiro atoms. The van der Waals surface area contributed by atoms with Crippen LogP contribution in [0, 0.1) is 11.8 Å². The van der Waals surface area contributed by atoms with Crippen molar-refractivity contribution in [1.82, 2.24) is 9.80 Å². The van der Waals surface area contributed by atoms with Crippen LogP contribution in [-0.4, -0.2) is 81.3 Å². The molecule has 0 aromatic rings. The van der Waals surface area contributed by atoms with Crippen molar-refractivity contribution in [3.63, 3.8) is 0 Å². The summed E-state index contributed by atoms with van der Waals surface area (Å²) in [6.07, 6.45) is 6.47. The second-order valence-electron chi connectivity index (χ2n) is 9.31. The lowest BCUT2D eigenvalue weighted by Crippen LogP contribution is -2.56. The third kappa shape index (κ3) is 3.89. The molecule has 3 saturated heterocycles. The van der Waals surface area contributed by atoms with Gasteiger partial charge in [-0.25, -0.2) is 0 Å². The minimum absolute atomic E-state index is 0.0789. The highest BCUT2D eigenvalue weighted by molar-refractivity contribution is 5.98. The number of aliphatic hydroxyl groups excluding tert-OH is 1. The van der Waals surface area contributed by atoms with Crippen LogP contribution >= 0.6 is 0 Å². The number of carbonyl (C=O) groups excluding carboxylic acids is 2. The lowest BCUT2D eigenvalue weighted by Gasteiger charge is -2.36. The van der Waals surface area contributed by atoms with Crippen LogP contribution in [0.3, 0.4) is 0 Å². The monoisotopic (exact) mass is 436 g/mol. The Hall–Kier alpha value is -1.93. The van der Waals surface area contributed by atoms with Crippen LogP contribution in [-0.2, 0) is 19.1 Å². The normalized spacial score (nSPS) is 33.6. The fraction of sp³-hybridized carbons (Fsp3) is 0.783. The Morgan fingerprint density at radius 1 is 1.29 bits per heavy atom. The maximum Gasteiger partial charge on any atom is 0.310 e. The van der Waals surface area contributed by atoms with Gasteiger partial charge < -0.3 is 24.7 Å². The molecule has 3 aliphatic heterocycles. The van der Waals surface area contributed by atoms with Crippen molar-refractivity contribution in [1.29, 1.82) is 0 Å². The van der Waals surface area contributed by atoms with E-state index in [1.165, 1.54) is 0 Å². The summed E-state index contributed by atoms with van der Waals surface area (Å²) in [6.45, 7) is 8.96. The molecule has 2 N–H and O–H groups in total. The molecule has 0 aromatic carbocycles. The summed E-state index contributed by atoms with van der Waals surface area (Å²) in [6, 6.07) is -0.817. The Morgan fingerprint density at radius 2 is 2.03 bits per heavy atom. The highest BCUT2D eigenvalue weighted by atomic mass is 16.5. The maximum absolute atomic E-state index is 13.8. The van der Waals surface area contributed by atoms with Crippen molar-refractivity contribution in [2.45, 2.75) is 76.0 Å². The number of hydrogen-bond donors (Lipinski definition) is 2. The van der Waals surface area contributed by atoms with Crippen LogP contribution in [0.4, 0.5) is 0 Å². The maximum atomic E-state index is 13.8. The van der Waals surface area contributed by atoms with Gasteiger partial charge in [0.15, 0.2) is 0 Å². The summed E-state index contributed by atoms with van der Waals surface area (Å²) in [4.78, 5) is 42.8. The zero-order valence-electron chi connectivity index (χ0n) is 18.7. The number of aliphatic hydroxyl groups is 1. The van der Waals surface area contributed by atoms with Crippen LogP contribution < -0.4 is 0 Å². The van der Waals surface area contributed by atoms with Gasteiger partial charge in [0.05, 0.1) is 17.4 Å². The molecule has 0 saturated carbocycles. The second kappa shape index (κ2) is 9.28. The van der Waals surface area contributed by atoms with E-state index in [-0.39, 0.29) is 18.4 Å². The van der Waals surface area contributed by atoms with Crippen LogP contribution in [0.25, 0.3) is 0 Å². The van der Waals surface area contributed by atoms with E-state index in [4.69, 9.17) is 9.84 Å². The van der Waals surface area contributed by atoms with E-state index in [9.17, 15) is 19.5 Å². The van der Waals surface area contributed by atoms with Gasteiger partial charge in [-0.05, 0) is 45.4 Å². The van der Waals surface area contributed by atoms with Crippen LogP contribution in [0.5, 0.6) is 0 Å². The van der Waals surface area contributed by atoms with E-state index < -0.39 is 35.0 Å². The summed E-state index contributed by atoms with van der Waals surface area (Å²) in [7, 11) is 0. The topological polar surface area (TPSA) is 107 Å². The number of fused-ring (bicyclic) bond motifs is 1. The first-order chi connectivity index (χ1) is 14.8. The van der Waals surface area contributed by atoms with Gasteiger partial charge >= 0.3 is 5.97 Å². The van der Waals surface area contributed by atoms with Gasteiger partial charge in [0.25, 0.3) is 0 Å². The molecule has 2 amide bonds. The molecule has 0 aromatic heterocycles. The first kappa shape index (κ1) is 23.7. The van der Waals surface area contributed by atoms with E-state index in [0.29, 0.717) is 45.3 Å². The quantitative estimate of drug-likeness (QED) is 0.357. The minimum atomic E-state index is -1.09. The van der Waals surface area contributed by atoms with Gasteiger partial charge in [-0.15, -0.1) is 6.58 Å². The van der Waals surface area contributed by atoms with Crippen LogP contribution in [0.15, 0.2) is 12.7 Å². The summed E-state index contributed by atoms with van der Waals surface area (Å²) in [5, 5.41) is 19.0. The van der Waals surface area contributed by atoms with Crippen molar-refractivity contribution < 1.29 is 29.3 Å². The number of unbranched alkanes of at least 4 members (excludes halogenated alkanes) is 3. The molecule has 174 valence electrons. The number of carbonyl (C=O) groups is 3. The Kier molecular flexibility index (Phi) is 7.11. The van der Waals surface area contributed by atoms with Gasteiger partial charge in [0.1, 0.15) is 11.6 Å². The average molecular weight is 437 g/mol. The number of likely N-dealkylation sites (tertiary alicyclic amines) is 1. The molecule has 31 heavy (non-hydrogen) atoms. The van der Waals surface area contributed by atoms with Gasteiger partial charge in [0.2, 0.25) is 11.8 Å². The third-order valence-corrected chi connectivity index (χ3v) is 7.28. The Bertz CT molecular complexity index is 727. The number of carboxylic acids is 1. The van der Waals surface area contributed by atoms with Crippen molar-refractivity contribution in [2.24, 2.45) is 11.8 Å². The fourth-order valence-corrected chi connectivity index (χ4v) is 5.86. The Morgan fingerprint density at radius 3 is 2.65 bits per heavy atom. The third-order valence-electron chi connectivity index (χ3n) is 7.28. The van der Waals surface area contributed by atoms with Crippen molar-refractivity contribution >= 4 is 17.8 Å². The first-order valence-electron chi connectivity index (χ1n) is 11.5. The molecule has 8 nitrogen and oxygen atoms in total. The van der Waals surface area contributed by atoms with Crippen molar-refractivity contribution in [2.75, 3.05) is 26.2 Å². The van der Waals surface area contributed by atoms with Gasteiger partial charge in [-0.2, -0.15) is 0 Å². The lowest BCUT2D eigenvalue weighted by molar-refractivity contribution is -0.156. The summed E-state index contributed by atoms with van der Waals surface area (Å²) in [5.41, 5.74) is -2.02. The molecular weight excluding hydrogens is 400 g/mol. The molecule has 3 heterocycles. The number of nitrogens with zero attached hydrogens (tertiary/aromatic N) is 2. The number of aliphatic carboxylic acids is 1.